The van der Waals surface area contributed by atoms with Crippen molar-refractivity contribution in [2.24, 2.45) is 0 Å². The summed E-state index contributed by atoms with van der Waals surface area (Å²) >= 11 is 0. The van der Waals surface area contributed by atoms with Gasteiger partial charge in [0.15, 0.2) is 5.82 Å². The Morgan fingerprint density at radius 1 is 0.967 bits per heavy atom. The molecule has 0 aliphatic carbocycles. The van der Waals surface area contributed by atoms with E-state index in [4.69, 9.17) is 4.98 Å². The Labute approximate surface area is 172 Å². The standard InChI is InChI=1S/C22H20N8/c1-2-6-25-16(3-1)15-10-24-11-19-20(15)28-22(27-19)21-14-9-17(13-4-7-23-8-5-13)26-12-18(14)29-30-21/h1-3,6,9-13,23H,4-5,7-8H2,(H,27,28)(H,29,30). The molecule has 8 nitrogen and oxygen atoms in total. The minimum Gasteiger partial charge on any atom is -0.335 e. The van der Waals surface area contributed by atoms with Gasteiger partial charge in [0.25, 0.3) is 0 Å². The predicted octanol–water partition coefficient (Wildman–Crippen LogP) is 3.43. The summed E-state index contributed by atoms with van der Waals surface area (Å²) in [6, 6.07) is 7.99. The number of H-pyrrole nitrogens is 2. The number of nitrogens with one attached hydrogen (secondary N) is 3. The number of hydrogen-bond acceptors (Lipinski definition) is 6. The van der Waals surface area contributed by atoms with E-state index in [0.717, 1.165) is 70.5 Å². The molecule has 0 spiro atoms. The van der Waals surface area contributed by atoms with E-state index in [1.807, 2.05) is 24.4 Å². The van der Waals surface area contributed by atoms with Crippen molar-refractivity contribution in [2.75, 3.05) is 13.1 Å². The first-order chi connectivity index (χ1) is 14.9. The first-order valence-electron chi connectivity index (χ1n) is 10.2. The van der Waals surface area contributed by atoms with E-state index in [2.05, 4.69) is 41.5 Å². The number of aromatic amines is 2. The minimum absolute atomic E-state index is 0.481. The number of nitrogens with zero attached hydrogens (tertiary/aromatic N) is 5. The third-order valence-corrected chi connectivity index (χ3v) is 5.79. The molecule has 0 amide bonds. The van der Waals surface area contributed by atoms with Crippen molar-refractivity contribution in [2.45, 2.75) is 18.8 Å². The Balaban J connectivity index is 1.47. The maximum Gasteiger partial charge on any atom is 0.159 e. The Morgan fingerprint density at radius 2 is 1.90 bits per heavy atom. The van der Waals surface area contributed by atoms with Gasteiger partial charge in [-0.3, -0.25) is 20.1 Å². The maximum absolute atomic E-state index is 4.88. The lowest BCUT2D eigenvalue weighted by Gasteiger charge is -2.21. The maximum atomic E-state index is 4.88. The average Bonchev–Trinajstić information content (AvgIpc) is 3.43. The van der Waals surface area contributed by atoms with Gasteiger partial charge in [0, 0.05) is 35.0 Å². The summed E-state index contributed by atoms with van der Waals surface area (Å²) in [4.78, 5) is 21.8. The molecule has 8 heteroatoms. The number of imidazole rings is 1. The van der Waals surface area contributed by atoms with Gasteiger partial charge in [0.2, 0.25) is 0 Å². The van der Waals surface area contributed by atoms with Gasteiger partial charge in [0.05, 0.1) is 29.1 Å². The first-order valence-corrected chi connectivity index (χ1v) is 10.2. The smallest absolute Gasteiger partial charge is 0.159 e. The quantitative estimate of drug-likeness (QED) is 0.431. The molecule has 1 aliphatic heterocycles. The number of hydrogen-bond donors (Lipinski definition) is 3. The third-order valence-electron chi connectivity index (χ3n) is 5.79. The van der Waals surface area contributed by atoms with E-state index in [9.17, 15) is 0 Å². The van der Waals surface area contributed by atoms with Crippen LogP contribution in [0.5, 0.6) is 0 Å². The van der Waals surface area contributed by atoms with Gasteiger partial charge in [-0.05, 0) is 44.1 Å². The largest absolute Gasteiger partial charge is 0.335 e. The summed E-state index contributed by atoms with van der Waals surface area (Å²) in [5.74, 6) is 1.19. The monoisotopic (exact) mass is 396 g/mol. The summed E-state index contributed by atoms with van der Waals surface area (Å²) in [5, 5.41) is 12.1. The van der Waals surface area contributed by atoms with Crippen molar-refractivity contribution in [3.8, 4) is 22.8 Å². The second-order valence-electron chi connectivity index (χ2n) is 7.63. The molecule has 5 aromatic heterocycles. The third kappa shape index (κ3) is 2.84. The molecular formula is C22H20N8. The van der Waals surface area contributed by atoms with Crippen LogP contribution in [0.1, 0.15) is 24.5 Å². The van der Waals surface area contributed by atoms with Crippen molar-refractivity contribution < 1.29 is 0 Å². The molecule has 0 bridgehead atoms. The molecular weight excluding hydrogens is 376 g/mol. The number of rotatable bonds is 3. The summed E-state index contributed by atoms with van der Waals surface area (Å²) in [5.41, 5.74) is 6.26. The molecule has 0 aromatic carbocycles. The van der Waals surface area contributed by atoms with Crippen LogP contribution in [0, 0.1) is 0 Å². The number of fused-ring (bicyclic) bond motifs is 2. The van der Waals surface area contributed by atoms with Gasteiger partial charge >= 0.3 is 0 Å². The Hall–Kier alpha value is -3.65. The van der Waals surface area contributed by atoms with Crippen LogP contribution in [0.15, 0.2) is 49.1 Å². The fourth-order valence-corrected chi connectivity index (χ4v) is 4.21. The molecule has 5 aromatic rings. The first kappa shape index (κ1) is 17.2. The molecule has 0 radical (unpaired) electrons. The minimum atomic E-state index is 0.481. The molecule has 1 saturated heterocycles. The lowest BCUT2D eigenvalue weighted by molar-refractivity contribution is 0.453. The van der Waals surface area contributed by atoms with Crippen LogP contribution in [0.25, 0.3) is 44.7 Å². The van der Waals surface area contributed by atoms with E-state index >= 15 is 0 Å². The van der Waals surface area contributed by atoms with E-state index in [-0.39, 0.29) is 0 Å². The second-order valence-corrected chi connectivity index (χ2v) is 7.63. The highest BCUT2D eigenvalue weighted by atomic mass is 15.1. The van der Waals surface area contributed by atoms with E-state index in [1.54, 1.807) is 18.6 Å². The van der Waals surface area contributed by atoms with Crippen LogP contribution in [0.3, 0.4) is 0 Å². The highest BCUT2D eigenvalue weighted by molar-refractivity contribution is 5.96. The number of piperidine rings is 1. The lowest BCUT2D eigenvalue weighted by Crippen LogP contribution is -2.27. The molecule has 30 heavy (non-hydrogen) atoms. The fraction of sp³-hybridized carbons (Fsp3) is 0.227. The second kappa shape index (κ2) is 7.00. The molecule has 0 unspecified atom stereocenters. The van der Waals surface area contributed by atoms with Gasteiger partial charge in [-0.25, -0.2) is 4.98 Å². The van der Waals surface area contributed by atoms with E-state index < -0.39 is 0 Å². The zero-order chi connectivity index (χ0) is 19.9. The molecule has 1 fully saturated rings. The average molecular weight is 396 g/mol. The SMILES string of the molecule is c1ccc(-c2cncc3[nH]c(-c4n[nH]c5cnc(C6CCNCC6)cc45)nc23)nc1. The van der Waals surface area contributed by atoms with Crippen molar-refractivity contribution in [3.63, 3.8) is 0 Å². The van der Waals surface area contributed by atoms with Crippen LogP contribution in [-0.2, 0) is 0 Å². The van der Waals surface area contributed by atoms with Gasteiger partial charge in [-0.2, -0.15) is 5.10 Å². The normalized spacial score (nSPS) is 15.2. The summed E-state index contributed by atoms with van der Waals surface area (Å²) < 4.78 is 0. The fourth-order valence-electron chi connectivity index (χ4n) is 4.21. The van der Waals surface area contributed by atoms with E-state index in [1.165, 1.54) is 0 Å². The molecule has 0 saturated carbocycles. The van der Waals surface area contributed by atoms with Crippen molar-refractivity contribution in [1.82, 2.24) is 40.4 Å². The number of aromatic nitrogens is 7. The van der Waals surface area contributed by atoms with Gasteiger partial charge in [-0.15, -0.1) is 0 Å². The molecule has 6 heterocycles. The molecule has 1 aliphatic rings. The van der Waals surface area contributed by atoms with Gasteiger partial charge < -0.3 is 10.3 Å². The highest BCUT2D eigenvalue weighted by Crippen LogP contribution is 2.32. The predicted molar refractivity (Wildman–Crippen MR) is 115 cm³/mol. The zero-order valence-corrected chi connectivity index (χ0v) is 16.3. The summed E-state index contributed by atoms with van der Waals surface area (Å²) in [6.07, 6.45) is 9.46. The molecule has 6 rings (SSSR count). The van der Waals surface area contributed by atoms with Crippen molar-refractivity contribution in [3.05, 3.63) is 54.7 Å². The van der Waals surface area contributed by atoms with Gasteiger partial charge in [-0.1, -0.05) is 6.07 Å². The van der Waals surface area contributed by atoms with Crippen LogP contribution in [-0.4, -0.2) is 48.2 Å². The molecule has 3 N–H and O–H groups in total. The summed E-state index contributed by atoms with van der Waals surface area (Å²) in [6.45, 7) is 2.07. The lowest BCUT2D eigenvalue weighted by atomic mass is 9.93. The molecule has 148 valence electrons. The van der Waals surface area contributed by atoms with E-state index in [0.29, 0.717) is 11.7 Å². The van der Waals surface area contributed by atoms with Gasteiger partial charge in [0.1, 0.15) is 11.2 Å². The van der Waals surface area contributed by atoms with Crippen LogP contribution in [0.2, 0.25) is 0 Å². The Kier molecular flexibility index (Phi) is 4.02. The van der Waals surface area contributed by atoms with Crippen LogP contribution in [0.4, 0.5) is 0 Å². The van der Waals surface area contributed by atoms with Crippen LogP contribution >= 0.6 is 0 Å². The topological polar surface area (TPSA) is 108 Å². The molecule has 0 atom stereocenters. The zero-order valence-electron chi connectivity index (χ0n) is 16.3. The Morgan fingerprint density at radius 3 is 2.77 bits per heavy atom. The van der Waals surface area contributed by atoms with Crippen LogP contribution < -0.4 is 5.32 Å². The summed E-state index contributed by atoms with van der Waals surface area (Å²) in [7, 11) is 0. The van der Waals surface area contributed by atoms with Crippen molar-refractivity contribution >= 4 is 21.9 Å². The number of pyridine rings is 3. The van der Waals surface area contributed by atoms with Crippen molar-refractivity contribution in [1.29, 1.82) is 0 Å². The highest BCUT2D eigenvalue weighted by Gasteiger charge is 2.20. The Bertz CT molecular complexity index is 1330.